The van der Waals surface area contributed by atoms with Crippen LogP contribution in [0.3, 0.4) is 0 Å². The zero-order chi connectivity index (χ0) is 22.1. The average Bonchev–Trinajstić information content (AvgIpc) is 3.24. The summed E-state index contributed by atoms with van der Waals surface area (Å²) in [5.74, 6) is -0.248. The molecule has 1 unspecified atom stereocenters. The Labute approximate surface area is 185 Å². The summed E-state index contributed by atoms with van der Waals surface area (Å²) in [6.45, 7) is 3.13. The summed E-state index contributed by atoms with van der Waals surface area (Å²) in [6.07, 6.45) is 2.87. The molecule has 0 spiro atoms. The first-order valence-electron chi connectivity index (χ1n) is 11.2. The highest BCUT2D eigenvalue weighted by molar-refractivity contribution is 6.10. The molecule has 1 N–H and O–H groups in total. The molecule has 2 amide bonds. The Bertz CT molecular complexity index is 1150. The molecule has 1 aromatic heterocycles. The molecule has 32 heavy (non-hydrogen) atoms. The summed E-state index contributed by atoms with van der Waals surface area (Å²) in [6, 6.07) is 10.3. The van der Waals surface area contributed by atoms with Crippen LogP contribution in [0.15, 0.2) is 34.9 Å². The van der Waals surface area contributed by atoms with Gasteiger partial charge in [-0.25, -0.2) is 0 Å². The Morgan fingerprint density at radius 2 is 2.00 bits per heavy atom. The number of aromatic nitrogens is 1. The predicted molar refractivity (Wildman–Crippen MR) is 119 cm³/mol. The van der Waals surface area contributed by atoms with Gasteiger partial charge in [-0.3, -0.25) is 19.8 Å². The van der Waals surface area contributed by atoms with Crippen molar-refractivity contribution in [3.05, 3.63) is 36.0 Å². The van der Waals surface area contributed by atoms with E-state index in [0.717, 1.165) is 54.5 Å². The number of piperidine rings is 1. The van der Waals surface area contributed by atoms with Gasteiger partial charge in [-0.05, 0) is 61.3 Å². The molecule has 2 aromatic carbocycles. The zero-order valence-corrected chi connectivity index (χ0v) is 18.1. The van der Waals surface area contributed by atoms with Crippen molar-refractivity contribution >= 4 is 33.6 Å². The van der Waals surface area contributed by atoms with Crippen LogP contribution in [0, 0.1) is 0 Å². The van der Waals surface area contributed by atoms with E-state index in [1.54, 1.807) is 0 Å². The molecule has 2 aliphatic heterocycles. The first kappa shape index (κ1) is 20.9. The molecule has 3 aromatic rings. The number of hydrogen-bond acceptors (Lipinski definition) is 7. The summed E-state index contributed by atoms with van der Waals surface area (Å²) in [7, 11) is 2.14. The molecule has 0 saturated carbocycles. The summed E-state index contributed by atoms with van der Waals surface area (Å²) in [4.78, 5) is 26.2. The minimum atomic E-state index is -0.490. The lowest BCUT2D eigenvalue weighted by Crippen LogP contribution is -2.39. The van der Waals surface area contributed by atoms with Crippen LogP contribution < -0.4 is 10.1 Å². The number of fused-ring (bicyclic) bond motifs is 3. The minimum Gasteiger partial charge on any atom is -0.492 e. The molecular weight excluding hydrogens is 410 g/mol. The van der Waals surface area contributed by atoms with Crippen LogP contribution in [0.5, 0.6) is 5.75 Å². The number of nitrogens with one attached hydrogen (secondary N) is 1. The van der Waals surface area contributed by atoms with Gasteiger partial charge in [0, 0.05) is 32.2 Å². The molecule has 0 aliphatic carbocycles. The van der Waals surface area contributed by atoms with Gasteiger partial charge in [0.25, 0.3) is 0 Å². The number of carbonyl (C=O) groups is 2. The van der Waals surface area contributed by atoms with Crippen molar-refractivity contribution in [1.29, 1.82) is 0 Å². The van der Waals surface area contributed by atoms with Gasteiger partial charge < -0.3 is 14.0 Å². The van der Waals surface area contributed by atoms with Crippen molar-refractivity contribution in [2.24, 2.45) is 0 Å². The largest absolute Gasteiger partial charge is 0.492 e. The maximum absolute atomic E-state index is 12.4. The van der Waals surface area contributed by atoms with Gasteiger partial charge in [0.05, 0.1) is 11.3 Å². The Balaban J connectivity index is 1.34. The number of imide groups is 1. The van der Waals surface area contributed by atoms with Gasteiger partial charge in [0.15, 0.2) is 5.58 Å². The quantitative estimate of drug-likeness (QED) is 0.593. The van der Waals surface area contributed by atoms with Gasteiger partial charge in [-0.1, -0.05) is 11.2 Å². The SMILES string of the molecule is CN(CCOc1ccc2c(ccc3onc(C4CCC(=O)NC4=O)c32)c1)C1CCOCC1. The molecule has 2 saturated heterocycles. The van der Waals surface area contributed by atoms with Crippen LogP contribution >= 0.6 is 0 Å². The first-order chi connectivity index (χ1) is 15.6. The number of likely N-dealkylation sites (N-methyl/N-ethyl adjacent to an activating group) is 1. The third kappa shape index (κ3) is 4.08. The standard InChI is InChI=1S/C24H27N3O5/c1-27(16-8-11-30-12-9-16)10-13-31-17-3-4-18-15(14-17)2-6-20-22(18)23(26-32-20)19-5-7-21(28)25-24(19)29/h2-4,6,14,16,19H,5,7-13H2,1H3,(H,25,28,29). The van der Waals surface area contributed by atoms with Crippen LogP contribution in [-0.2, 0) is 14.3 Å². The van der Waals surface area contributed by atoms with E-state index >= 15 is 0 Å². The van der Waals surface area contributed by atoms with Crippen LogP contribution in [0.2, 0.25) is 0 Å². The Hall–Kier alpha value is -2.97. The fourth-order valence-corrected chi connectivity index (χ4v) is 4.67. The zero-order valence-electron chi connectivity index (χ0n) is 18.1. The van der Waals surface area contributed by atoms with E-state index in [-0.39, 0.29) is 11.8 Å². The number of rotatable bonds is 6. The number of carbonyl (C=O) groups excluding carboxylic acids is 2. The van der Waals surface area contributed by atoms with Gasteiger partial charge in [0.1, 0.15) is 18.1 Å². The van der Waals surface area contributed by atoms with Crippen LogP contribution in [0.1, 0.15) is 37.3 Å². The molecule has 0 bridgehead atoms. The maximum atomic E-state index is 12.4. The topological polar surface area (TPSA) is 93.9 Å². The van der Waals surface area contributed by atoms with Gasteiger partial charge >= 0.3 is 0 Å². The number of hydrogen-bond donors (Lipinski definition) is 1. The van der Waals surface area contributed by atoms with Gasteiger partial charge in [0.2, 0.25) is 11.8 Å². The summed E-state index contributed by atoms with van der Waals surface area (Å²) >= 11 is 0. The smallest absolute Gasteiger partial charge is 0.235 e. The van der Waals surface area contributed by atoms with Crippen LogP contribution in [0.25, 0.3) is 21.7 Å². The van der Waals surface area contributed by atoms with Crippen molar-refractivity contribution in [2.75, 3.05) is 33.4 Å². The second-order valence-corrected chi connectivity index (χ2v) is 8.57. The molecule has 168 valence electrons. The van der Waals surface area contributed by atoms with E-state index in [0.29, 0.717) is 36.8 Å². The molecule has 3 heterocycles. The summed E-state index contributed by atoms with van der Waals surface area (Å²) < 4.78 is 17.0. The Morgan fingerprint density at radius 3 is 2.81 bits per heavy atom. The molecule has 5 rings (SSSR count). The maximum Gasteiger partial charge on any atom is 0.235 e. The normalized spacial score (nSPS) is 20.2. The highest BCUT2D eigenvalue weighted by atomic mass is 16.5. The lowest BCUT2D eigenvalue weighted by atomic mass is 9.91. The third-order valence-corrected chi connectivity index (χ3v) is 6.55. The Morgan fingerprint density at radius 1 is 1.16 bits per heavy atom. The van der Waals surface area contributed by atoms with E-state index in [4.69, 9.17) is 14.0 Å². The molecule has 8 nitrogen and oxygen atoms in total. The minimum absolute atomic E-state index is 0.242. The Kier molecular flexibility index (Phi) is 5.80. The summed E-state index contributed by atoms with van der Waals surface area (Å²) in [5.41, 5.74) is 1.21. The highest BCUT2D eigenvalue weighted by Gasteiger charge is 2.32. The van der Waals surface area contributed by atoms with E-state index in [1.807, 2.05) is 30.3 Å². The molecule has 0 radical (unpaired) electrons. The van der Waals surface area contributed by atoms with Crippen molar-refractivity contribution in [3.8, 4) is 5.75 Å². The van der Waals surface area contributed by atoms with Crippen LogP contribution in [0.4, 0.5) is 0 Å². The number of benzene rings is 2. The van der Waals surface area contributed by atoms with Crippen molar-refractivity contribution in [2.45, 2.75) is 37.6 Å². The molecule has 1 atom stereocenters. The second-order valence-electron chi connectivity index (χ2n) is 8.57. The average molecular weight is 437 g/mol. The summed E-state index contributed by atoms with van der Waals surface area (Å²) in [5, 5.41) is 9.36. The van der Waals surface area contributed by atoms with Crippen molar-refractivity contribution < 1.29 is 23.6 Å². The van der Waals surface area contributed by atoms with E-state index in [2.05, 4.69) is 22.4 Å². The lowest BCUT2D eigenvalue weighted by Gasteiger charge is -2.31. The monoisotopic (exact) mass is 437 g/mol. The number of amides is 2. The van der Waals surface area contributed by atoms with E-state index in [9.17, 15) is 9.59 Å². The number of nitrogens with zero attached hydrogens (tertiary/aromatic N) is 2. The molecule has 8 heteroatoms. The fraction of sp³-hybridized carbons (Fsp3) is 0.458. The molecule has 2 fully saturated rings. The third-order valence-electron chi connectivity index (χ3n) is 6.55. The van der Waals surface area contributed by atoms with E-state index < -0.39 is 5.92 Å². The number of ether oxygens (including phenoxy) is 2. The fourth-order valence-electron chi connectivity index (χ4n) is 4.67. The van der Waals surface area contributed by atoms with E-state index in [1.165, 1.54) is 0 Å². The van der Waals surface area contributed by atoms with Crippen molar-refractivity contribution in [1.82, 2.24) is 15.4 Å². The molecular formula is C24H27N3O5. The van der Waals surface area contributed by atoms with Gasteiger partial charge in [-0.15, -0.1) is 0 Å². The van der Waals surface area contributed by atoms with Crippen LogP contribution in [-0.4, -0.2) is 61.3 Å². The highest BCUT2D eigenvalue weighted by Crippen LogP contribution is 2.36. The van der Waals surface area contributed by atoms with Gasteiger partial charge in [-0.2, -0.15) is 0 Å². The first-order valence-corrected chi connectivity index (χ1v) is 11.2. The van der Waals surface area contributed by atoms with Crippen molar-refractivity contribution in [3.63, 3.8) is 0 Å². The predicted octanol–water partition coefficient (Wildman–Crippen LogP) is 2.99. The second kappa shape index (κ2) is 8.88. The molecule has 2 aliphatic rings. The lowest BCUT2D eigenvalue weighted by molar-refractivity contribution is -0.134.